The Kier molecular flexibility index (Phi) is 6.68. The van der Waals surface area contributed by atoms with Crippen LogP contribution in [0, 0.1) is 22.0 Å². The van der Waals surface area contributed by atoms with Gasteiger partial charge in [-0.1, -0.05) is 27.7 Å². The van der Waals surface area contributed by atoms with Gasteiger partial charge in [-0.2, -0.15) is 0 Å². The highest BCUT2D eigenvalue weighted by atomic mass is 16.6. The van der Waals surface area contributed by atoms with Crippen LogP contribution in [0.5, 0.6) is 0 Å². The Bertz CT molecular complexity index is 601. The smallest absolute Gasteiger partial charge is 0.294 e. The summed E-state index contributed by atoms with van der Waals surface area (Å²) in [5, 5.41) is 16.4. The minimum Gasteiger partial charge on any atom is -0.326 e. The summed E-state index contributed by atoms with van der Waals surface area (Å²) in [7, 11) is 0. The number of nitro groups is 1. The number of carbonyl (C=O) groups excluding carboxylic acids is 2. The highest BCUT2D eigenvalue weighted by molar-refractivity contribution is 5.96. The predicted molar refractivity (Wildman–Crippen MR) is 89.3 cm³/mol. The van der Waals surface area contributed by atoms with E-state index in [0.717, 1.165) is 0 Å². The number of amides is 2. The molecule has 1 rings (SSSR count). The Morgan fingerprint density at radius 1 is 1.09 bits per heavy atom. The first-order chi connectivity index (χ1) is 10.8. The van der Waals surface area contributed by atoms with E-state index in [2.05, 4.69) is 10.6 Å². The van der Waals surface area contributed by atoms with E-state index in [-0.39, 0.29) is 35.0 Å². The lowest BCUT2D eigenvalue weighted by Crippen LogP contribution is -2.21. The Morgan fingerprint density at radius 2 is 1.61 bits per heavy atom. The van der Waals surface area contributed by atoms with Gasteiger partial charge in [0, 0.05) is 23.6 Å². The Hall–Kier alpha value is -2.44. The van der Waals surface area contributed by atoms with Gasteiger partial charge in [0.2, 0.25) is 11.8 Å². The molecule has 0 saturated heterocycles. The fraction of sp³-hybridized carbons (Fsp3) is 0.500. The van der Waals surface area contributed by atoms with Gasteiger partial charge in [-0.15, -0.1) is 0 Å². The Labute approximate surface area is 135 Å². The van der Waals surface area contributed by atoms with Crippen molar-refractivity contribution in [3.05, 3.63) is 28.3 Å². The van der Waals surface area contributed by atoms with Crippen molar-refractivity contribution in [3.63, 3.8) is 0 Å². The molecular weight excluding hydrogens is 298 g/mol. The van der Waals surface area contributed by atoms with Crippen molar-refractivity contribution < 1.29 is 14.5 Å². The van der Waals surface area contributed by atoms with Crippen molar-refractivity contribution >= 4 is 28.9 Å². The van der Waals surface area contributed by atoms with E-state index in [1.165, 1.54) is 12.1 Å². The van der Waals surface area contributed by atoms with Crippen LogP contribution in [0.15, 0.2) is 18.2 Å². The highest BCUT2D eigenvalue weighted by Crippen LogP contribution is 2.28. The van der Waals surface area contributed by atoms with Crippen LogP contribution in [0.25, 0.3) is 0 Å². The molecule has 0 aliphatic heterocycles. The van der Waals surface area contributed by atoms with Gasteiger partial charge in [0.15, 0.2) is 0 Å². The summed E-state index contributed by atoms with van der Waals surface area (Å²) in [6.45, 7) is 7.29. The van der Waals surface area contributed by atoms with Gasteiger partial charge >= 0.3 is 0 Å². The number of hydrogen-bond donors (Lipinski definition) is 2. The summed E-state index contributed by atoms with van der Waals surface area (Å²) in [6.07, 6.45) is 1.32. The van der Waals surface area contributed by atoms with Crippen LogP contribution in [-0.2, 0) is 9.59 Å². The summed E-state index contributed by atoms with van der Waals surface area (Å²) < 4.78 is 0. The average Bonchev–Trinajstić information content (AvgIpc) is 2.54. The molecule has 2 amide bonds. The lowest BCUT2D eigenvalue weighted by molar-refractivity contribution is -0.383. The highest BCUT2D eigenvalue weighted by Gasteiger charge is 2.20. The average molecular weight is 321 g/mol. The molecule has 0 aliphatic carbocycles. The van der Waals surface area contributed by atoms with Crippen LogP contribution < -0.4 is 10.6 Å². The summed E-state index contributed by atoms with van der Waals surface area (Å²) in [4.78, 5) is 34.4. The predicted octanol–water partition coefficient (Wildman–Crippen LogP) is 3.56. The quantitative estimate of drug-likeness (QED) is 0.592. The number of nitrogens with one attached hydrogen (secondary N) is 2. The van der Waals surface area contributed by atoms with E-state index in [0.29, 0.717) is 18.5 Å². The molecule has 1 aromatic rings. The molecule has 0 aromatic heterocycles. The molecule has 0 radical (unpaired) electrons. The molecule has 0 fully saturated rings. The standard InChI is InChI=1S/C16H23N3O4/c1-5-10(3)15(20)17-12-7-8-13(14(9-12)19(22)23)18-16(21)11(4)6-2/h7-11H,5-6H2,1-4H3,(H,17,20)(H,18,21)/t10-,11-/m0/s1. The second-order valence-electron chi connectivity index (χ2n) is 5.59. The first-order valence-electron chi connectivity index (χ1n) is 7.70. The SMILES string of the molecule is CC[C@H](C)C(=O)Nc1ccc(NC(=O)[C@@H](C)CC)c([N+](=O)[O-])c1. The number of hydrogen-bond acceptors (Lipinski definition) is 4. The summed E-state index contributed by atoms with van der Waals surface area (Å²) in [6, 6.07) is 4.23. The number of rotatable bonds is 7. The normalized spacial score (nSPS) is 13.0. The van der Waals surface area contributed by atoms with Crippen molar-refractivity contribution in [1.82, 2.24) is 0 Å². The van der Waals surface area contributed by atoms with Gasteiger partial charge in [0.1, 0.15) is 5.69 Å². The largest absolute Gasteiger partial charge is 0.326 e. The van der Waals surface area contributed by atoms with Crippen LogP contribution in [0.4, 0.5) is 17.1 Å². The lowest BCUT2D eigenvalue weighted by Gasteiger charge is -2.13. The molecule has 1 aromatic carbocycles. The van der Waals surface area contributed by atoms with Gasteiger partial charge in [0.25, 0.3) is 5.69 Å². The van der Waals surface area contributed by atoms with E-state index in [4.69, 9.17) is 0 Å². The monoisotopic (exact) mass is 321 g/mol. The molecule has 0 unspecified atom stereocenters. The van der Waals surface area contributed by atoms with E-state index >= 15 is 0 Å². The maximum Gasteiger partial charge on any atom is 0.294 e. The Balaban J connectivity index is 3.01. The van der Waals surface area contributed by atoms with Crippen molar-refractivity contribution in [2.24, 2.45) is 11.8 Å². The number of carbonyl (C=O) groups is 2. The maximum absolute atomic E-state index is 11.9. The second kappa shape index (κ2) is 8.26. The zero-order valence-electron chi connectivity index (χ0n) is 13.9. The van der Waals surface area contributed by atoms with Crippen molar-refractivity contribution in [2.45, 2.75) is 40.5 Å². The van der Waals surface area contributed by atoms with Gasteiger partial charge in [-0.3, -0.25) is 19.7 Å². The van der Waals surface area contributed by atoms with E-state index in [1.807, 2.05) is 13.8 Å². The van der Waals surface area contributed by atoms with Crippen LogP contribution in [0.3, 0.4) is 0 Å². The summed E-state index contributed by atoms with van der Waals surface area (Å²) >= 11 is 0. The molecule has 126 valence electrons. The maximum atomic E-state index is 11.9. The Morgan fingerprint density at radius 3 is 2.09 bits per heavy atom. The molecule has 2 N–H and O–H groups in total. The van der Waals surface area contributed by atoms with Crippen molar-refractivity contribution in [1.29, 1.82) is 0 Å². The summed E-state index contributed by atoms with van der Waals surface area (Å²) in [5.74, 6) is -0.886. The van der Waals surface area contributed by atoms with Gasteiger partial charge < -0.3 is 10.6 Å². The molecule has 7 heteroatoms. The van der Waals surface area contributed by atoms with Gasteiger partial charge in [-0.25, -0.2) is 0 Å². The minimum atomic E-state index is -0.578. The molecule has 0 aliphatic rings. The van der Waals surface area contributed by atoms with Crippen LogP contribution in [0.2, 0.25) is 0 Å². The minimum absolute atomic E-state index is 0.127. The summed E-state index contributed by atoms with van der Waals surface area (Å²) in [5.41, 5.74) is 0.217. The topological polar surface area (TPSA) is 101 Å². The number of nitro benzene ring substituents is 1. The number of benzene rings is 1. The fourth-order valence-corrected chi connectivity index (χ4v) is 1.76. The van der Waals surface area contributed by atoms with E-state index in [1.54, 1.807) is 19.9 Å². The molecule has 2 atom stereocenters. The molecule has 0 heterocycles. The second-order valence-corrected chi connectivity index (χ2v) is 5.59. The molecular formula is C16H23N3O4. The molecule has 0 spiro atoms. The zero-order valence-corrected chi connectivity index (χ0v) is 13.9. The first kappa shape index (κ1) is 18.6. The first-order valence-corrected chi connectivity index (χ1v) is 7.70. The van der Waals surface area contributed by atoms with Gasteiger partial charge in [0.05, 0.1) is 4.92 Å². The van der Waals surface area contributed by atoms with Crippen LogP contribution >= 0.6 is 0 Å². The fourth-order valence-electron chi connectivity index (χ4n) is 1.76. The number of nitrogens with zero attached hydrogens (tertiary/aromatic N) is 1. The third-order valence-electron chi connectivity index (χ3n) is 3.84. The third kappa shape index (κ3) is 5.05. The molecule has 7 nitrogen and oxygen atoms in total. The van der Waals surface area contributed by atoms with Crippen LogP contribution in [0.1, 0.15) is 40.5 Å². The zero-order chi connectivity index (χ0) is 17.6. The molecule has 0 saturated carbocycles. The molecule has 0 bridgehead atoms. The van der Waals surface area contributed by atoms with Crippen molar-refractivity contribution in [3.8, 4) is 0 Å². The third-order valence-corrected chi connectivity index (χ3v) is 3.84. The van der Waals surface area contributed by atoms with Crippen molar-refractivity contribution in [2.75, 3.05) is 10.6 Å². The van der Waals surface area contributed by atoms with E-state index < -0.39 is 4.92 Å². The van der Waals surface area contributed by atoms with Gasteiger partial charge in [-0.05, 0) is 25.0 Å². The lowest BCUT2D eigenvalue weighted by atomic mass is 10.1. The van der Waals surface area contributed by atoms with E-state index in [9.17, 15) is 19.7 Å². The van der Waals surface area contributed by atoms with Crippen LogP contribution in [-0.4, -0.2) is 16.7 Å². The molecule has 23 heavy (non-hydrogen) atoms. The number of anilines is 2.